The van der Waals surface area contributed by atoms with E-state index in [1.165, 1.54) is 189 Å². The molecule has 0 bridgehead atoms. The number of benzene rings is 14. The van der Waals surface area contributed by atoms with Gasteiger partial charge < -0.3 is 9.80 Å². The third-order valence-corrected chi connectivity index (χ3v) is 27.3. The Labute approximate surface area is 631 Å². The van der Waals surface area contributed by atoms with E-state index in [1.54, 1.807) is 0 Å². The minimum Gasteiger partial charge on any atom is -0.314 e. The lowest BCUT2D eigenvalue weighted by Crippen LogP contribution is -2.26. The molecule has 0 saturated carbocycles. The van der Waals surface area contributed by atoms with Crippen molar-refractivity contribution in [2.75, 3.05) is 9.80 Å². The second-order valence-corrected chi connectivity index (χ2v) is 35.2. The number of nitrogens with zero attached hydrogens (tertiary/aromatic N) is 2. The molecule has 0 amide bonds. The third-order valence-electron chi connectivity index (χ3n) is 27.3. The van der Waals surface area contributed by atoms with Crippen LogP contribution in [0.5, 0.6) is 0 Å². The van der Waals surface area contributed by atoms with E-state index in [4.69, 9.17) is 0 Å². The molecule has 7 aliphatic rings. The van der Waals surface area contributed by atoms with Crippen LogP contribution in [0.15, 0.2) is 279 Å². The van der Waals surface area contributed by atoms with Gasteiger partial charge in [0, 0.05) is 72.5 Å². The standard InChI is InChI=1S/C105H88N2/c1-61-50-82-84(60-97(61)107(65-30-18-15-19-31-65)68-43-48-76-81-59-94-79(57-96(81)105(12,13)92(76)55-68)72-35-23-27-39-88(72)103(94,8)9)98(62-40-45-73-69-32-20-24-36-85(69)100(2,3)89(73)51-62)77-49-44-66(53-83(77)99(82)63-41-46-74-70-33-21-25-37-86(70)101(4,5)90(74)52-63)106(64-28-16-14-17-29-64)67-42-47-75-80-58-93-78(56-95(80)104(10,11)91(75)54-67)71-34-22-26-38-87(71)102(93,6)7/h14-49,51-61H,50H2,1-13H3. The van der Waals surface area contributed by atoms with Crippen LogP contribution in [0, 0.1) is 5.92 Å². The second-order valence-electron chi connectivity index (χ2n) is 35.2. The highest BCUT2D eigenvalue weighted by molar-refractivity contribution is 6.13. The molecule has 2 heteroatoms. The lowest BCUT2D eigenvalue weighted by Gasteiger charge is -2.37. The van der Waals surface area contributed by atoms with Gasteiger partial charge in [0.15, 0.2) is 0 Å². The molecule has 14 aromatic rings. The molecule has 0 spiro atoms. The number of hydrogen-bond donors (Lipinski definition) is 0. The number of anilines is 5. The number of hydrogen-bond acceptors (Lipinski definition) is 2. The summed E-state index contributed by atoms with van der Waals surface area (Å²) in [6.07, 6.45) is 3.46. The zero-order valence-electron chi connectivity index (χ0n) is 63.7. The molecule has 0 fully saturated rings. The first kappa shape index (κ1) is 64.1. The van der Waals surface area contributed by atoms with E-state index in [0.717, 1.165) is 29.2 Å². The van der Waals surface area contributed by atoms with Crippen molar-refractivity contribution in [1.82, 2.24) is 0 Å². The fourth-order valence-electron chi connectivity index (χ4n) is 21.6. The first-order valence-electron chi connectivity index (χ1n) is 38.9. The largest absolute Gasteiger partial charge is 0.314 e. The van der Waals surface area contributed by atoms with E-state index in [0.29, 0.717) is 0 Å². The Morgan fingerprint density at radius 1 is 0.243 bits per heavy atom. The molecule has 1 unspecified atom stereocenters. The fraction of sp³-hybridized carbons (Fsp3) is 0.200. The minimum absolute atomic E-state index is 0.0870. The maximum absolute atomic E-state index is 2.65. The van der Waals surface area contributed by atoms with Crippen LogP contribution < -0.4 is 9.80 Å². The van der Waals surface area contributed by atoms with Gasteiger partial charge in [-0.15, -0.1) is 0 Å². The van der Waals surface area contributed by atoms with Gasteiger partial charge in [-0.2, -0.15) is 0 Å². The van der Waals surface area contributed by atoms with Crippen LogP contribution in [0.25, 0.3) is 106 Å². The molecule has 0 aliphatic heterocycles. The van der Waals surface area contributed by atoms with E-state index < -0.39 is 0 Å². The van der Waals surface area contributed by atoms with E-state index in [9.17, 15) is 0 Å². The lowest BCUT2D eigenvalue weighted by atomic mass is 9.75. The minimum atomic E-state index is -0.259. The average Bonchev–Trinajstić information content (AvgIpc) is 1.56. The fourth-order valence-corrected chi connectivity index (χ4v) is 21.6. The molecule has 0 heterocycles. The van der Waals surface area contributed by atoms with Crippen LogP contribution in [-0.2, 0) is 38.9 Å². The maximum Gasteiger partial charge on any atom is 0.0468 e. The molecular weight excluding hydrogens is 1290 g/mol. The Morgan fingerprint density at radius 3 is 0.991 bits per heavy atom. The molecule has 0 saturated heterocycles. The Hall–Kier alpha value is -11.3. The summed E-state index contributed by atoms with van der Waals surface area (Å²) in [5.41, 5.74) is 46.5. The average molecular weight is 1380 g/mol. The first-order valence-corrected chi connectivity index (χ1v) is 38.9. The van der Waals surface area contributed by atoms with Crippen molar-refractivity contribution >= 4 is 45.3 Å². The smallest absolute Gasteiger partial charge is 0.0468 e. The molecule has 107 heavy (non-hydrogen) atoms. The zero-order chi connectivity index (χ0) is 72.9. The summed E-state index contributed by atoms with van der Waals surface area (Å²) >= 11 is 0. The van der Waals surface area contributed by atoms with Gasteiger partial charge in [0.05, 0.1) is 0 Å². The van der Waals surface area contributed by atoms with Gasteiger partial charge in [-0.05, 0) is 287 Å². The number of rotatable bonds is 8. The van der Waals surface area contributed by atoms with E-state index >= 15 is 0 Å². The normalized spacial score (nSPS) is 17.4. The molecule has 21 rings (SSSR count). The Morgan fingerprint density at radius 2 is 0.551 bits per heavy atom. The van der Waals surface area contributed by atoms with Crippen molar-refractivity contribution in [3.8, 4) is 89.0 Å². The van der Waals surface area contributed by atoms with Crippen LogP contribution in [0.4, 0.5) is 28.4 Å². The Bertz CT molecular complexity index is 6300. The van der Waals surface area contributed by atoms with Crippen molar-refractivity contribution in [1.29, 1.82) is 0 Å². The highest BCUT2D eigenvalue weighted by Crippen LogP contribution is 2.62. The molecular formula is C105H88N2. The van der Waals surface area contributed by atoms with Crippen LogP contribution in [-0.4, -0.2) is 0 Å². The maximum atomic E-state index is 2.65. The molecule has 0 aromatic heterocycles. The second kappa shape index (κ2) is 21.9. The number of fused-ring (bicyclic) bond motifs is 20. The Balaban J connectivity index is 0.800. The predicted octanol–water partition coefficient (Wildman–Crippen LogP) is 27.9. The summed E-state index contributed by atoms with van der Waals surface area (Å²) in [6, 6.07) is 106. The topological polar surface area (TPSA) is 6.48 Å². The van der Waals surface area contributed by atoms with Gasteiger partial charge in [0.1, 0.15) is 0 Å². The first-order chi connectivity index (χ1) is 51.5. The lowest BCUT2D eigenvalue weighted by molar-refractivity contribution is 0.650. The molecule has 0 N–H and O–H groups in total. The summed E-state index contributed by atoms with van der Waals surface area (Å²) in [5, 5.41) is 2.49. The highest BCUT2D eigenvalue weighted by atomic mass is 15.2. The van der Waals surface area contributed by atoms with Crippen molar-refractivity contribution < 1.29 is 0 Å². The molecule has 1 atom stereocenters. The summed E-state index contributed by atoms with van der Waals surface area (Å²) in [5.74, 6) is 0.0870. The van der Waals surface area contributed by atoms with Gasteiger partial charge in [0.2, 0.25) is 0 Å². The SMILES string of the molecule is CC1Cc2c(c(-c3ccc4c(c3)C(C)(C)c3ccccc3-4)c3ccc(N(c4ccccc4)c4ccc5c(c4)C(C)(C)c4cc6c(cc4-5)C(C)(C)c4ccccc4-6)cc3c2-c2ccc3c(c2)C(C)(C)c2ccccc2-3)C=C1N(c1ccccc1)c1ccc2c(c1)C(C)(C)c1cc3c(cc1-2)C(C)(C)c1ccccc1-3. The molecule has 14 aromatic carbocycles. The quantitative estimate of drug-likeness (QED) is 0.150. The van der Waals surface area contributed by atoms with Crippen molar-refractivity contribution in [3.05, 3.63) is 357 Å². The van der Waals surface area contributed by atoms with Gasteiger partial charge in [0.25, 0.3) is 0 Å². The monoisotopic (exact) mass is 1380 g/mol. The Kier molecular flexibility index (Phi) is 13.1. The van der Waals surface area contributed by atoms with Crippen molar-refractivity contribution in [2.24, 2.45) is 5.92 Å². The van der Waals surface area contributed by atoms with Gasteiger partial charge in [-0.1, -0.05) is 266 Å². The van der Waals surface area contributed by atoms with Gasteiger partial charge in [-0.25, -0.2) is 0 Å². The summed E-state index contributed by atoms with van der Waals surface area (Å²) in [4.78, 5) is 5.17. The van der Waals surface area contributed by atoms with Crippen LogP contribution in [0.1, 0.15) is 168 Å². The summed E-state index contributed by atoms with van der Waals surface area (Å²) < 4.78 is 0. The molecule has 2 nitrogen and oxygen atoms in total. The number of para-hydroxylation sites is 2. The molecule has 0 radical (unpaired) electrons. The van der Waals surface area contributed by atoms with Crippen LogP contribution in [0.3, 0.4) is 0 Å². The predicted molar refractivity (Wildman–Crippen MR) is 451 cm³/mol. The van der Waals surface area contributed by atoms with Crippen molar-refractivity contribution in [2.45, 2.75) is 129 Å². The zero-order valence-corrected chi connectivity index (χ0v) is 63.7. The van der Waals surface area contributed by atoms with E-state index in [-0.39, 0.29) is 38.4 Å². The van der Waals surface area contributed by atoms with Crippen molar-refractivity contribution in [3.63, 3.8) is 0 Å². The summed E-state index contributed by atoms with van der Waals surface area (Å²) in [6.45, 7) is 31.7. The van der Waals surface area contributed by atoms with Crippen LogP contribution in [0.2, 0.25) is 0 Å². The van der Waals surface area contributed by atoms with Gasteiger partial charge >= 0.3 is 0 Å². The number of allylic oxidation sites excluding steroid dienone is 1. The molecule has 518 valence electrons. The molecule has 7 aliphatic carbocycles. The van der Waals surface area contributed by atoms with E-state index in [2.05, 4.69) is 379 Å². The van der Waals surface area contributed by atoms with Gasteiger partial charge in [-0.3, -0.25) is 0 Å². The third kappa shape index (κ3) is 8.70. The van der Waals surface area contributed by atoms with Crippen LogP contribution >= 0.6 is 0 Å². The van der Waals surface area contributed by atoms with E-state index in [1.807, 2.05) is 0 Å². The highest BCUT2D eigenvalue weighted by Gasteiger charge is 2.46. The summed E-state index contributed by atoms with van der Waals surface area (Å²) in [7, 11) is 0.